The molecule has 10 aromatic heterocycles. The number of aryl methyl sites for hydroxylation is 11. The normalized spacial score (nSPS) is 13.7. The lowest BCUT2D eigenvalue weighted by Crippen LogP contribution is -3.00. The Hall–Kier alpha value is -8.55. The van der Waals surface area contributed by atoms with Gasteiger partial charge in [0, 0.05) is 59.0 Å². The number of pyridine rings is 6. The minimum atomic E-state index is -4.38. The average molecular weight is 1720 g/mol. The van der Waals surface area contributed by atoms with Crippen LogP contribution in [0, 0.1) is 40.5 Å². The Labute approximate surface area is 658 Å². The van der Waals surface area contributed by atoms with E-state index in [0.29, 0.717) is 27.6 Å². The molecule has 0 spiro atoms. The Morgan fingerprint density at radius 1 is 0.565 bits per heavy atom. The van der Waals surface area contributed by atoms with Crippen LogP contribution in [0.15, 0.2) is 106 Å². The first kappa shape index (κ1) is 86.7. The van der Waals surface area contributed by atoms with Gasteiger partial charge in [-0.25, -0.2) is 32.3 Å². The molecule has 0 saturated heterocycles. The zero-order valence-corrected chi connectivity index (χ0v) is 67.5. The molecule has 0 fully saturated rings. The number of fused-ring (bicyclic) bond motifs is 14. The van der Waals surface area contributed by atoms with Crippen LogP contribution in [0.25, 0.3) is 22.1 Å². The molecule has 6 aliphatic carbocycles. The van der Waals surface area contributed by atoms with Gasteiger partial charge < -0.3 is 39.2 Å². The highest BCUT2D eigenvalue weighted by Crippen LogP contribution is 2.38. The molecule has 582 valence electrons. The van der Waals surface area contributed by atoms with Gasteiger partial charge in [0.1, 0.15) is 26.5 Å². The quantitative estimate of drug-likeness (QED) is 0.0162. The van der Waals surface area contributed by atoms with Gasteiger partial charge in [-0.05, 0) is 220 Å². The Morgan fingerprint density at radius 3 is 1.41 bits per heavy atom. The highest BCUT2D eigenvalue weighted by Gasteiger charge is 2.34. The van der Waals surface area contributed by atoms with Gasteiger partial charge in [0.2, 0.25) is 15.5 Å². The molecule has 0 atom stereocenters. The third-order valence-electron chi connectivity index (χ3n) is 17.7. The predicted molar refractivity (Wildman–Crippen MR) is 411 cm³/mol. The van der Waals surface area contributed by atoms with Crippen molar-refractivity contribution in [3.63, 3.8) is 0 Å². The number of nitrogens with two attached hydrogens (primary N) is 3. The Morgan fingerprint density at radius 2 is 0.972 bits per heavy atom. The zero-order valence-electron chi connectivity index (χ0n) is 60.4. The van der Waals surface area contributed by atoms with Crippen molar-refractivity contribution < 1.29 is 83.5 Å². The van der Waals surface area contributed by atoms with Crippen molar-refractivity contribution in [2.75, 3.05) is 36.6 Å². The van der Waals surface area contributed by atoms with E-state index in [1.807, 2.05) is 106 Å². The summed E-state index contributed by atoms with van der Waals surface area (Å²) in [5, 5.41) is 60.5. The summed E-state index contributed by atoms with van der Waals surface area (Å²) in [4.78, 5) is 45.7. The number of thioether (sulfide) groups is 3. The third-order valence-corrected chi connectivity index (χ3v) is 21.6. The molecule has 33 nitrogen and oxygen atoms in total. The molecule has 108 heavy (non-hydrogen) atoms. The molecule has 0 aliphatic heterocycles. The van der Waals surface area contributed by atoms with Crippen molar-refractivity contribution in [1.29, 1.82) is 0 Å². The number of halogens is 2. The van der Waals surface area contributed by atoms with Crippen molar-refractivity contribution in [2.45, 2.75) is 166 Å². The highest BCUT2D eigenvalue weighted by molar-refractivity contribution is 8.21. The standard InChI is InChI=1S/C13H15N3O3.C13H17N3O.C11H11N3O4S.C11H11N3O2S.C8H11N2.C8H9N.C4H7NO2S2.ClH.HI.H3NO4S/c1-8(2)19-13-12(16(17)18)11-7-6-9-4-3-5-10(9)15(11)14-13;1-8(2)17-13-12(14)11-7-6-9-4-3-5-10(9)16(11)15-13;1-19(17,18)11-10(14(15)16)9-6-5-7-3-2-4-8(7)13(9)12-11;1-17-11-10(14(15)16)9-6-5-7-3-2-4-8(7)13(9)12-11;9-10-6-2-4-7-3-1-5-8(7)10;1-3-7-4-2-6-9-8(7)5-1;1-8-4(9-2)3-5(6)7;;;1-5-6(2,3)4/h6-8H,3-5H2,1-2H3;6-8H,3-5,14H2,1-2H3;5-6H,2-4H2,1H3;5-6H,2-4H2,1H3;2,4,6H,1,3,5,9H2;2,4,6H,1,3,5H2;3H,1-2H3;2*1H;1H2,(H,2,3,4)/q;;;;+1;;;;;/p-1. The van der Waals surface area contributed by atoms with E-state index >= 15 is 0 Å². The molecule has 40 heteroatoms. The molecule has 0 radical (unpaired) electrons. The fraction of sp³-hybridized carbons (Fsp3) is 0.412. The van der Waals surface area contributed by atoms with Crippen LogP contribution in [0.2, 0.25) is 0 Å². The van der Waals surface area contributed by atoms with E-state index in [2.05, 4.69) is 53.8 Å². The van der Waals surface area contributed by atoms with E-state index < -0.39 is 45.7 Å². The predicted octanol–water partition coefficient (Wildman–Crippen LogP) is 7.94. The van der Waals surface area contributed by atoms with Gasteiger partial charge >= 0.3 is 33.3 Å². The SMILES string of the molecule is CC(C)Oc1nn2c3c(ccc2c1N)CCC3.CC(C)Oc1nn2c3c(ccc2c1[N+](=O)[O-])CCC3.CS(=O)(=O)c1nn2c3c(ccc2c1[N+](=O)[O-])CCC3.CSC(=C[N+](=O)[O-])SC.CSc1nn2c3c(ccc2c1[N+](=O)[O-])CCC3.Cl.NOS(=O)(=O)O.N[n+]1cccc2c1CCC2.[I-].c1cnc2c(c1)CCC2. The number of nitrogen functional groups attached to an aromatic ring is 2. The van der Waals surface area contributed by atoms with Gasteiger partial charge in [0.25, 0.3) is 17.1 Å². The fourth-order valence-corrected chi connectivity index (χ4v) is 15.5. The van der Waals surface area contributed by atoms with Gasteiger partial charge in [-0.2, -0.15) is 23.7 Å². The second kappa shape index (κ2) is 38.7. The molecule has 7 N–H and O–H groups in total. The van der Waals surface area contributed by atoms with Crippen molar-refractivity contribution in [3.05, 3.63) is 204 Å². The summed E-state index contributed by atoms with van der Waals surface area (Å²) in [5.74, 6) is 10.3. The summed E-state index contributed by atoms with van der Waals surface area (Å²) in [6.07, 6.45) is 30.6. The minimum absolute atomic E-state index is 0. The first-order valence-corrected chi connectivity index (χ1v) is 40.8. The summed E-state index contributed by atoms with van der Waals surface area (Å²) in [7, 11) is -8.12. The molecule has 10 heterocycles. The number of anilines is 1. The molecule has 10 aromatic rings. The third kappa shape index (κ3) is 21.1. The summed E-state index contributed by atoms with van der Waals surface area (Å²) in [6.45, 7) is 7.62. The van der Waals surface area contributed by atoms with Crippen molar-refractivity contribution in [3.8, 4) is 11.8 Å². The van der Waals surface area contributed by atoms with E-state index in [0.717, 1.165) is 122 Å². The lowest BCUT2D eigenvalue weighted by atomic mass is 10.2. The smallest absolute Gasteiger partial charge is 0.413 e. The molecular weight excluding hydrogens is 1630 g/mol. The van der Waals surface area contributed by atoms with Gasteiger partial charge in [-0.3, -0.25) is 50.0 Å². The number of sulfone groups is 1. The monoisotopic (exact) mass is 1720 g/mol. The largest absolute Gasteiger partial charge is 1.00 e. The number of nitro groups is 4. The Bertz CT molecular complexity index is 5180. The number of rotatable bonds is 13. The molecule has 0 unspecified atom stereocenters. The van der Waals surface area contributed by atoms with Crippen LogP contribution in [0.3, 0.4) is 0 Å². The number of nitrogens with zero attached hydrogens (tertiary/aromatic N) is 14. The molecule has 6 aliphatic rings. The van der Waals surface area contributed by atoms with Crippen LogP contribution in [-0.4, -0.2) is 122 Å². The summed E-state index contributed by atoms with van der Waals surface area (Å²) in [6, 6.07) is 23.5. The molecule has 16 rings (SSSR count). The summed E-state index contributed by atoms with van der Waals surface area (Å²) >= 11 is 4.08. The van der Waals surface area contributed by atoms with E-state index in [-0.39, 0.29) is 76.3 Å². The van der Waals surface area contributed by atoms with E-state index in [4.69, 9.17) is 25.6 Å². The number of hydrogen-bond acceptors (Lipinski definition) is 26. The zero-order chi connectivity index (χ0) is 76.9. The van der Waals surface area contributed by atoms with Crippen LogP contribution < -0.4 is 55.6 Å². The van der Waals surface area contributed by atoms with E-state index in [9.17, 15) is 57.3 Å². The number of aromatic nitrogens is 10. The van der Waals surface area contributed by atoms with Crippen molar-refractivity contribution in [2.24, 2.45) is 5.90 Å². The van der Waals surface area contributed by atoms with Gasteiger partial charge in [0.15, 0.2) is 11.2 Å². The minimum Gasteiger partial charge on any atom is -1.00 e. The van der Waals surface area contributed by atoms with Gasteiger partial charge in [-0.15, -0.1) is 63.0 Å². The average Bonchev–Trinajstić information content (AvgIpc) is 1.62. The topological polar surface area (TPSA) is 453 Å². The van der Waals surface area contributed by atoms with Crippen LogP contribution in [-0.2, 0) is 102 Å². The second-order valence-corrected chi connectivity index (χ2v) is 31.2. The number of hydrogen-bond donors (Lipinski definition) is 4. The van der Waals surface area contributed by atoms with Crippen LogP contribution in [0.4, 0.5) is 22.7 Å². The van der Waals surface area contributed by atoms with Gasteiger partial charge in [0.05, 0.1) is 37.4 Å². The van der Waals surface area contributed by atoms with Crippen LogP contribution >= 0.6 is 47.7 Å². The number of ether oxygens (including phenoxy) is 2. The van der Waals surface area contributed by atoms with E-state index in [1.54, 1.807) is 25.8 Å². The Balaban J connectivity index is 0.000000176. The molecule has 0 bridgehead atoms. The maximum absolute atomic E-state index is 11.6. The molecule has 0 aromatic carbocycles. The molecular formula is C68H85ClIN17O16S5. The first-order chi connectivity index (χ1) is 50.5. The van der Waals surface area contributed by atoms with Gasteiger partial charge in [-0.1, -0.05) is 35.0 Å². The summed E-state index contributed by atoms with van der Waals surface area (Å²) < 4.78 is 72.5. The highest BCUT2D eigenvalue weighted by atomic mass is 127. The second-order valence-electron chi connectivity index (χ2n) is 25.5. The molecule has 0 amide bonds. The van der Waals surface area contributed by atoms with Crippen LogP contribution in [0.1, 0.15) is 134 Å². The summed E-state index contributed by atoms with van der Waals surface area (Å²) in [5.41, 5.74) is 23.5. The lowest BCUT2D eigenvalue weighted by molar-refractivity contribution is -0.646. The Kier molecular flexibility index (Phi) is 31.1. The van der Waals surface area contributed by atoms with E-state index in [1.165, 1.54) is 123 Å². The fourth-order valence-electron chi connectivity index (χ4n) is 13.2. The maximum Gasteiger partial charge on any atom is 0.413 e. The van der Waals surface area contributed by atoms with Crippen LogP contribution in [0.5, 0.6) is 11.8 Å². The lowest BCUT2D eigenvalue weighted by Gasteiger charge is -2.05. The first-order valence-electron chi connectivity index (χ1n) is 33.9. The van der Waals surface area contributed by atoms with Crippen molar-refractivity contribution >= 4 is 113 Å². The molecule has 0 saturated carbocycles. The maximum atomic E-state index is 11.6. The van der Waals surface area contributed by atoms with Crippen molar-refractivity contribution in [1.82, 2.24) is 43.4 Å².